The Labute approximate surface area is 471 Å². The quantitative estimate of drug-likeness (QED) is 0.164. The van der Waals surface area contributed by atoms with E-state index in [1.807, 2.05) is 0 Å². The molecule has 0 saturated heterocycles. The lowest BCUT2D eigenvalue weighted by Gasteiger charge is -2.51. The summed E-state index contributed by atoms with van der Waals surface area (Å²) in [5, 5.41) is 4.46. The smallest absolute Gasteiger partial charge is 0.252 e. The maximum Gasteiger partial charge on any atom is 0.252 e. The van der Waals surface area contributed by atoms with Crippen molar-refractivity contribution in [2.45, 2.75) is 129 Å². The van der Waals surface area contributed by atoms with Crippen LogP contribution in [0.2, 0.25) is 0 Å². The predicted octanol–water partition coefficient (Wildman–Crippen LogP) is 18.9. The van der Waals surface area contributed by atoms with Crippen molar-refractivity contribution in [3.8, 4) is 11.1 Å². The minimum Gasteiger partial charge on any atom is -0.456 e. The van der Waals surface area contributed by atoms with Gasteiger partial charge in [0, 0.05) is 61.3 Å². The van der Waals surface area contributed by atoms with Gasteiger partial charge in [-0.15, -0.1) is 0 Å². The standard InChI is InChI=1S/C74H70BN3O2/c1-70(2,3)46-30-33-57(52(38-46)45-22-13-12-14-23-45)76-61-43-53-50-24-15-17-27-64(50)80-67(53)44-56(61)75-55-40-48(72(7,8)9)32-35-59(55)77(60-26-21-29-66-68(60)51-25-16-18-28-65(51)79-66)63-42-49(41-62(76)69(63)75)78-58-34-31-47(71(4,5)6)39-54(58)73(10)36-19-20-37-74(73,78)11/h12-18,21-35,38-44H,19-20,36-37H2,1-11H3. The van der Waals surface area contributed by atoms with Gasteiger partial charge in [-0.25, -0.2) is 0 Å². The number of fused-ring (bicyclic) bond motifs is 13. The van der Waals surface area contributed by atoms with Crippen LogP contribution in [0.3, 0.4) is 0 Å². The third kappa shape index (κ3) is 6.96. The molecule has 4 aliphatic rings. The molecule has 2 atom stereocenters. The van der Waals surface area contributed by atoms with Crippen LogP contribution in [0.5, 0.6) is 0 Å². The van der Waals surface area contributed by atoms with Crippen molar-refractivity contribution in [2.24, 2.45) is 0 Å². The molecule has 15 rings (SSSR count). The summed E-state index contributed by atoms with van der Waals surface area (Å²) in [5.74, 6) is 0. The van der Waals surface area contributed by atoms with Crippen LogP contribution in [0.15, 0.2) is 185 Å². The van der Waals surface area contributed by atoms with Crippen LogP contribution in [0.25, 0.3) is 55.0 Å². The molecule has 2 aromatic heterocycles. The number of furan rings is 2. The first kappa shape index (κ1) is 49.1. The van der Waals surface area contributed by atoms with Gasteiger partial charge in [0.2, 0.25) is 0 Å². The molecule has 5 heterocycles. The van der Waals surface area contributed by atoms with Crippen LogP contribution in [-0.2, 0) is 21.7 Å². The molecular weight excluding hydrogens is 974 g/mol. The van der Waals surface area contributed by atoms with E-state index < -0.39 is 0 Å². The zero-order chi connectivity index (χ0) is 55.0. The number of benzene rings is 9. The first-order valence-corrected chi connectivity index (χ1v) is 29.2. The largest absolute Gasteiger partial charge is 0.456 e. The summed E-state index contributed by atoms with van der Waals surface area (Å²) >= 11 is 0. The van der Waals surface area contributed by atoms with Gasteiger partial charge >= 0.3 is 0 Å². The lowest BCUT2D eigenvalue weighted by molar-refractivity contribution is 0.195. The normalized spacial score (nSPS) is 18.7. The number of para-hydroxylation sites is 2. The molecule has 80 heavy (non-hydrogen) atoms. The van der Waals surface area contributed by atoms with E-state index in [2.05, 4.69) is 267 Å². The SMILES string of the molecule is CC(C)(C)c1ccc2c(c1)B1c3cc4oc5ccccc5c4cc3N(c3ccc(C(C)(C)C)cc3-c3ccccc3)c3cc(N4c5ccc(C(C)(C)C)cc5C5(C)CCCCC45C)cc(c31)N2c1cccc2oc3ccccc3c12. The summed E-state index contributed by atoms with van der Waals surface area (Å²) in [6.45, 7) is 26.1. The molecule has 9 aromatic carbocycles. The van der Waals surface area contributed by atoms with Crippen molar-refractivity contribution >= 4 is 112 Å². The van der Waals surface area contributed by atoms with Crippen molar-refractivity contribution in [3.05, 3.63) is 198 Å². The number of nitrogens with zero attached hydrogens (tertiary/aromatic N) is 3. The van der Waals surface area contributed by atoms with E-state index in [0.29, 0.717) is 0 Å². The summed E-state index contributed by atoms with van der Waals surface area (Å²) in [6, 6.07) is 67.1. The fourth-order valence-corrected chi connectivity index (χ4v) is 14.9. The van der Waals surface area contributed by atoms with Crippen LogP contribution in [0.1, 0.15) is 124 Å². The second kappa shape index (κ2) is 16.8. The summed E-state index contributed by atoms with van der Waals surface area (Å²) in [7, 11) is 0. The molecular formula is C74H70BN3O2. The van der Waals surface area contributed by atoms with Crippen LogP contribution in [0, 0.1) is 0 Å². The van der Waals surface area contributed by atoms with Crippen molar-refractivity contribution in [1.29, 1.82) is 0 Å². The molecule has 5 nitrogen and oxygen atoms in total. The van der Waals surface area contributed by atoms with E-state index in [1.54, 1.807) is 0 Å². The Kier molecular flexibility index (Phi) is 10.3. The summed E-state index contributed by atoms with van der Waals surface area (Å²) < 4.78 is 13.7. The zero-order valence-corrected chi connectivity index (χ0v) is 48.3. The third-order valence-corrected chi connectivity index (χ3v) is 19.5. The Bertz CT molecular complexity index is 4390. The number of rotatable bonds is 4. The highest BCUT2D eigenvalue weighted by Crippen LogP contribution is 2.63. The molecule has 0 amide bonds. The first-order chi connectivity index (χ1) is 38.3. The van der Waals surface area contributed by atoms with Crippen LogP contribution < -0.4 is 31.1 Å². The Hall–Kier alpha value is -7.96. The molecule has 6 heteroatoms. The van der Waals surface area contributed by atoms with Crippen LogP contribution in [0.4, 0.5) is 45.5 Å². The van der Waals surface area contributed by atoms with E-state index in [4.69, 9.17) is 8.83 Å². The Balaban J connectivity index is 1.13. The number of anilines is 8. The highest BCUT2D eigenvalue weighted by atomic mass is 16.3. The van der Waals surface area contributed by atoms with Crippen molar-refractivity contribution in [1.82, 2.24) is 0 Å². The van der Waals surface area contributed by atoms with Gasteiger partial charge in [0.25, 0.3) is 6.71 Å². The molecule has 396 valence electrons. The number of hydrogen-bond acceptors (Lipinski definition) is 5. The van der Waals surface area contributed by atoms with Gasteiger partial charge in [0.05, 0.1) is 22.3 Å². The van der Waals surface area contributed by atoms with Gasteiger partial charge in [-0.3, -0.25) is 0 Å². The van der Waals surface area contributed by atoms with E-state index in [0.717, 1.165) is 68.1 Å². The zero-order valence-electron chi connectivity index (χ0n) is 48.3. The first-order valence-electron chi connectivity index (χ1n) is 29.2. The van der Waals surface area contributed by atoms with Gasteiger partial charge < -0.3 is 23.5 Å². The lowest BCUT2D eigenvalue weighted by Crippen LogP contribution is -2.61. The average molecular weight is 1040 g/mol. The molecule has 11 aromatic rings. The second-order valence-electron chi connectivity index (χ2n) is 27.3. The molecule has 2 unspecified atom stereocenters. The fraction of sp³-hybridized carbons (Fsp3) is 0.270. The highest BCUT2D eigenvalue weighted by Gasteiger charge is 2.58. The summed E-state index contributed by atoms with van der Waals surface area (Å²) in [6.07, 6.45) is 4.63. The Morgan fingerprint density at radius 2 is 0.988 bits per heavy atom. The van der Waals surface area contributed by atoms with Crippen molar-refractivity contribution in [3.63, 3.8) is 0 Å². The van der Waals surface area contributed by atoms with Crippen molar-refractivity contribution < 1.29 is 8.83 Å². The topological polar surface area (TPSA) is 36.0 Å². The molecule has 0 N–H and O–H groups in total. The van der Waals surface area contributed by atoms with Crippen LogP contribution in [-0.4, -0.2) is 12.3 Å². The number of hydrogen-bond donors (Lipinski definition) is 0. The van der Waals surface area contributed by atoms with E-state index in [-0.39, 0.29) is 33.9 Å². The van der Waals surface area contributed by atoms with E-state index in [1.165, 1.54) is 96.7 Å². The lowest BCUT2D eigenvalue weighted by atomic mass is 9.33. The van der Waals surface area contributed by atoms with E-state index >= 15 is 0 Å². The highest BCUT2D eigenvalue weighted by molar-refractivity contribution is 7.00. The fourth-order valence-electron chi connectivity index (χ4n) is 14.9. The van der Waals surface area contributed by atoms with Crippen molar-refractivity contribution in [2.75, 3.05) is 14.7 Å². The summed E-state index contributed by atoms with van der Waals surface area (Å²) in [4.78, 5) is 8.10. The summed E-state index contributed by atoms with van der Waals surface area (Å²) in [5.41, 5.74) is 24.2. The monoisotopic (exact) mass is 1040 g/mol. The third-order valence-electron chi connectivity index (χ3n) is 19.5. The van der Waals surface area contributed by atoms with Gasteiger partial charge in [0.1, 0.15) is 22.3 Å². The molecule has 1 aliphatic carbocycles. The molecule has 0 radical (unpaired) electrons. The van der Waals surface area contributed by atoms with E-state index in [9.17, 15) is 0 Å². The minimum absolute atomic E-state index is 0.00648. The Morgan fingerprint density at radius 3 is 1.70 bits per heavy atom. The molecule has 0 spiro atoms. The maximum atomic E-state index is 6.95. The van der Waals surface area contributed by atoms with Gasteiger partial charge in [-0.1, -0.05) is 185 Å². The minimum atomic E-state index is -0.215. The maximum absolute atomic E-state index is 6.95. The molecule has 3 aliphatic heterocycles. The predicted molar refractivity (Wildman–Crippen MR) is 339 cm³/mol. The Morgan fingerprint density at radius 1 is 0.425 bits per heavy atom. The molecule has 1 saturated carbocycles. The average Bonchev–Trinajstić information content (AvgIpc) is 2.98. The van der Waals surface area contributed by atoms with Gasteiger partial charge in [-0.05, 0) is 153 Å². The van der Waals surface area contributed by atoms with Gasteiger partial charge in [-0.2, -0.15) is 0 Å². The molecule has 1 fully saturated rings. The molecule has 0 bridgehead atoms. The van der Waals surface area contributed by atoms with Crippen LogP contribution >= 0.6 is 0 Å². The van der Waals surface area contributed by atoms with Gasteiger partial charge in [0.15, 0.2) is 0 Å². The second-order valence-corrected chi connectivity index (χ2v) is 27.3.